The number of hydrogen-bond acceptors (Lipinski definition) is 4. The topological polar surface area (TPSA) is 66.5 Å². The summed E-state index contributed by atoms with van der Waals surface area (Å²) in [5, 5.41) is 18.0. The second-order valence-electron chi connectivity index (χ2n) is 6.11. The third-order valence-corrected chi connectivity index (χ3v) is 4.34. The largest absolute Gasteiger partial charge is 0.305 e. The first-order chi connectivity index (χ1) is 9.86. The Morgan fingerprint density at radius 2 is 1.50 bits per heavy atom. The van der Waals surface area contributed by atoms with Crippen LogP contribution in [0.1, 0.15) is 89.4 Å². The van der Waals surface area contributed by atoms with Crippen molar-refractivity contribution in [2.24, 2.45) is 0 Å². The van der Waals surface area contributed by atoms with E-state index in [1.807, 2.05) is 0 Å². The van der Waals surface area contributed by atoms with E-state index in [0.717, 1.165) is 5.82 Å². The number of aromatic nitrogens is 4. The number of nitrogens with zero attached hydrogens (tertiary/aromatic N) is 3. The molecule has 5 nitrogen and oxygen atoms in total. The Balaban J connectivity index is 1.79. The molecule has 1 unspecified atom stereocenters. The van der Waals surface area contributed by atoms with Gasteiger partial charge in [0.2, 0.25) is 0 Å². The Bertz CT molecular complexity index is 326. The quantitative estimate of drug-likeness (QED) is 0.888. The molecule has 0 radical (unpaired) electrons. The lowest BCUT2D eigenvalue weighted by atomic mass is 9.97. The average Bonchev–Trinajstić information content (AvgIpc) is 2.96. The number of rotatable bonds is 3. The normalized spacial score (nSPS) is 21.9. The molecule has 1 aromatic rings. The molecule has 0 aromatic carbocycles. The molecule has 1 aliphatic carbocycles. The summed E-state index contributed by atoms with van der Waals surface area (Å²) >= 11 is 0. The van der Waals surface area contributed by atoms with Crippen LogP contribution in [0.4, 0.5) is 0 Å². The Labute approximate surface area is 122 Å². The zero-order valence-electron chi connectivity index (χ0n) is 12.8. The van der Waals surface area contributed by atoms with E-state index >= 15 is 0 Å². The maximum Gasteiger partial charge on any atom is 0.191 e. The Kier molecular flexibility index (Phi) is 6.98. The molecule has 5 heteroatoms. The average molecular weight is 279 g/mol. The third kappa shape index (κ3) is 5.57. The van der Waals surface area contributed by atoms with Crippen molar-refractivity contribution in [3.05, 3.63) is 5.82 Å². The lowest BCUT2D eigenvalue weighted by Crippen LogP contribution is -2.32. The molecule has 1 saturated carbocycles. The zero-order chi connectivity index (χ0) is 14.0. The summed E-state index contributed by atoms with van der Waals surface area (Å²) in [7, 11) is 0. The molecule has 1 aliphatic rings. The van der Waals surface area contributed by atoms with Crippen LogP contribution in [0.15, 0.2) is 0 Å². The molecule has 1 atom stereocenters. The molecule has 1 fully saturated rings. The Hall–Kier alpha value is -0.970. The van der Waals surface area contributed by atoms with Crippen LogP contribution in [0.3, 0.4) is 0 Å². The molecule has 1 aromatic heterocycles. The van der Waals surface area contributed by atoms with Crippen molar-refractivity contribution in [2.45, 2.75) is 89.6 Å². The van der Waals surface area contributed by atoms with E-state index in [-0.39, 0.29) is 6.04 Å². The van der Waals surface area contributed by atoms with Gasteiger partial charge in [0.05, 0.1) is 6.04 Å². The summed E-state index contributed by atoms with van der Waals surface area (Å²) in [6.45, 7) is 2.13. The number of hydrogen-bond donors (Lipinski definition) is 2. The number of H-pyrrole nitrogens is 1. The first-order valence-corrected chi connectivity index (χ1v) is 8.35. The highest BCUT2D eigenvalue weighted by Gasteiger charge is 2.16. The van der Waals surface area contributed by atoms with Crippen LogP contribution in [0.5, 0.6) is 0 Å². The predicted octanol–water partition coefficient (Wildman–Crippen LogP) is 3.52. The zero-order valence-corrected chi connectivity index (χ0v) is 12.8. The van der Waals surface area contributed by atoms with Gasteiger partial charge in [-0.3, -0.25) is 0 Å². The molecule has 1 heterocycles. The van der Waals surface area contributed by atoms with Crippen LogP contribution in [-0.4, -0.2) is 26.7 Å². The summed E-state index contributed by atoms with van der Waals surface area (Å²) in [6, 6.07) is 0.787. The van der Waals surface area contributed by atoms with E-state index in [0.29, 0.717) is 6.04 Å². The SMILES string of the molecule is CC(NC1CCCCCCCCCCC1)c1nn[nH]n1. The van der Waals surface area contributed by atoms with E-state index in [4.69, 9.17) is 0 Å². The Morgan fingerprint density at radius 3 is 2.00 bits per heavy atom. The summed E-state index contributed by atoms with van der Waals surface area (Å²) in [5.74, 6) is 0.774. The van der Waals surface area contributed by atoms with Crippen LogP contribution in [0, 0.1) is 0 Å². The van der Waals surface area contributed by atoms with Crippen molar-refractivity contribution in [1.29, 1.82) is 0 Å². The van der Waals surface area contributed by atoms with Crippen LogP contribution in [0.25, 0.3) is 0 Å². The van der Waals surface area contributed by atoms with E-state index < -0.39 is 0 Å². The van der Waals surface area contributed by atoms with Gasteiger partial charge in [-0.1, -0.05) is 63.0 Å². The highest BCUT2D eigenvalue weighted by molar-refractivity contribution is 4.87. The van der Waals surface area contributed by atoms with Crippen LogP contribution in [-0.2, 0) is 0 Å². The fourth-order valence-corrected chi connectivity index (χ4v) is 3.11. The number of nitrogens with one attached hydrogen (secondary N) is 2. The Morgan fingerprint density at radius 1 is 0.950 bits per heavy atom. The van der Waals surface area contributed by atoms with Gasteiger partial charge in [-0.15, -0.1) is 10.2 Å². The molecule has 20 heavy (non-hydrogen) atoms. The fourth-order valence-electron chi connectivity index (χ4n) is 3.11. The minimum Gasteiger partial charge on any atom is -0.305 e. The minimum absolute atomic E-state index is 0.187. The first kappa shape index (κ1) is 15.4. The maximum absolute atomic E-state index is 4.07. The first-order valence-electron chi connectivity index (χ1n) is 8.35. The van der Waals surface area contributed by atoms with Crippen molar-refractivity contribution in [2.75, 3.05) is 0 Å². The van der Waals surface area contributed by atoms with Gasteiger partial charge in [-0.25, -0.2) is 0 Å². The van der Waals surface area contributed by atoms with Crippen molar-refractivity contribution < 1.29 is 0 Å². The smallest absolute Gasteiger partial charge is 0.191 e. The van der Waals surface area contributed by atoms with Crippen LogP contribution < -0.4 is 5.32 Å². The van der Waals surface area contributed by atoms with Crippen molar-refractivity contribution in [1.82, 2.24) is 25.9 Å². The van der Waals surface area contributed by atoms with Crippen LogP contribution >= 0.6 is 0 Å². The molecule has 0 aliphatic heterocycles. The van der Waals surface area contributed by atoms with Gasteiger partial charge < -0.3 is 5.32 Å². The summed E-state index contributed by atoms with van der Waals surface area (Å²) < 4.78 is 0. The van der Waals surface area contributed by atoms with Gasteiger partial charge in [0, 0.05) is 6.04 Å². The maximum atomic E-state index is 4.07. The van der Waals surface area contributed by atoms with Crippen molar-refractivity contribution in [3.8, 4) is 0 Å². The predicted molar refractivity (Wildman–Crippen MR) is 80.3 cm³/mol. The van der Waals surface area contributed by atoms with E-state index in [1.54, 1.807) is 0 Å². The second-order valence-corrected chi connectivity index (χ2v) is 6.11. The van der Waals surface area contributed by atoms with Gasteiger partial charge in [0.1, 0.15) is 0 Å². The second kappa shape index (κ2) is 9.06. The van der Waals surface area contributed by atoms with Gasteiger partial charge in [-0.05, 0) is 19.8 Å². The van der Waals surface area contributed by atoms with Gasteiger partial charge >= 0.3 is 0 Å². The fraction of sp³-hybridized carbons (Fsp3) is 0.933. The molecule has 0 spiro atoms. The number of aromatic amines is 1. The standard InChI is InChI=1S/C15H29N5/c1-13(15-17-19-20-18-15)16-14-11-9-7-5-3-2-4-6-8-10-12-14/h13-14,16H,2-12H2,1H3,(H,17,18,19,20). The molecule has 114 valence electrons. The molecular formula is C15H29N5. The van der Waals surface area contributed by atoms with E-state index in [1.165, 1.54) is 70.6 Å². The molecule has 0 amide bonds. The van der Waals surface area contributed by atoms with E-state index in [2.05, 4.69) is 32.9 Å². The molecular weight excluding hydrogens is 250 g/mol. The van der Waals surface area contributed by atoms with Gasteiger partial charge in [0.25, 0.3) is 0 Å². The summed E-state index contributed by atoms with van der Waals surface area (Å²) in [4.78, 5) is 0. The molecule has 0 saturated heterocycles. The highest BCUT2D eigenvalue weighted by atomic mass is 15.5. The monoisotopic (exact) mass is 279 g/mol. The van der Waals surface area contributed by atoms with Gasteiger partial charge in [-0.2, -0.15) is 5.21 Å². The third-order valence-electron chi connectivity index (χ3n) is 4.34. The lowest BCUT2D eigenvalue weighted by molar-refractivity contribution is 0.369. The number of tetrazole rings is 1. The van der Waals surface area contributed by atoms with Crippen molar-refractivity contribution >= 4 is 0 Å². The lowest BCUT2D eigenvalue weighted by Gasteiger charge is -2.22. The highest BCUT2D eigenvalue weighted by Crippen LogP contribution is 2.18. The summed E-state index contributed by atoms with van der Waals surface area (Å²) in [5.41, 5.74) is 0. The van der Waals surface area contributed by atoms with Gasteiger partial charge in [0.15, 0.2) is 5.82 Å². The molecule has 0 bridgehead atoms. The summed E-state index contributed by atoms with van der Waals surface area (Å²) in [6.07, 6.45) is 15.1. The van der Waals surface area contributed by atoms with Crippen LogP contribution in [0.2, 0.25) is 0 Å². The molecule has 2 N–H and O–H groups in total. The van der Waals surface area contributed by atoms with Crippen molar-refractivity contribution in [3.63, 3.8) is 0 Å². The molecule has 2 rings (SSSR count). The minimum atomic E-state index is 0.187. The van der Waals surface area contributed by atoms with E-state index in [9.17, 15) is 0 Å².